The number of benzene rings is 3. The van der Waals surface area contributed by atoms with Gasteiger partial charge in [-0.2, -0.15) is 5.26 Å². The van der Waals surface area contributed by atoms with Gasteiger partial charge in [0, 0.05) is 11.1 Å². The molecule has 0 aromatic heterocycles. The van der Waals surface area contributed by atoms with Gasteiger partial charge >= 0.3 is 5.97 Å². The Labute approximate surface area is 180 Å². The van der Waals surface area contributed by atoms with E-state index in [0.717, 1.165) is 0 Å². The molecule has 0 saturated heterocycles. The van der Waals surface area contributed by atoms with Crippen LogP contribution in [0.15, 0.2) is 72.8 Å². The highest BCUT2D eigenvalue weighted by atomic mass is 16.5. The lowest BCUT2D eigenvalue weighted by molar-refractivity contribution is -0.123. The SMILES string of the molecule is CC(=O)c1ccccc1NC(=O)[C@H](C)OC(=O)c1ccccc1-c1ccccc1C#N. The van der Waals surface area contributed by atoms with E-state index in [0.29, 0.717) is 27.9 Å². The number of para-hydroxylation sites is 1. The number of ketones is 1. The van der Waals surface area contributed by atoms with Crippen LogP contribution in [-0.2, 0) is 9.53 Å². The normalized spacial score (nSPS) is 11.1. The molecule has 31 heavy (non-hydrogen) atoms. The number of carbonyl (C=O) groups is 3. The van der Waals surface area contributed by atoms with Crippen LogP contribution >= 0.6 is 0 Å². The summed E-state index contributed by atoms with van der Waals surface area (Å²) in [4.78, 5) is 37.2. The molecule has 1 amide bonds. The summed E-state index contributed by atoms with van der Waals surface area (Å²) >= 11 is 0. The fourth-order valence-electron chi connectivity index (χ4n) is 3.12. The van der Waals surface area contributed by atoms with Crippen LogP contribution in [0.5, 0.6) is 0 Å². The lowest BCUT2D eigenvalue weighted by atomic mass is 9.96. The van der Waals surface area contributed by atoms with Crippen molar-refractivity contribution in [3.63, 3.8) is 0 Å². The number of hydrogen-bond acceptors (Lipinski definition) is 5. The van der Waals surface area contributed by atoms with Crippen molar-refractivity contribution in [2.45, 2.75) is 20.0 Å². The van der Waals surface area contributed by atoms with Crippen LogP contribution in [0.2, 0.25) is 0 Å². The first-order valence-corrected chi connectivity index (χ1v) is 9.62. The average molecular weight is 412 g/mol. The molecule has 6 heteroatoms. The van der Waals surface area contributed by atoms with Crippen molar-refractivity contribution in [1.82, 2.24) is 0 Å². The monoisotopic (exact) mass is 412 g/mol. The van der Waals surface area contributed by atoms with E-state index in [9.17, 15) is 19.6 Å². The maximum absolute atomic E-state index is 12.8. The Hall–Kier alpha value is -4.24. The zero-order valence-corrected chi connectivity index (χ0v) is 17.1. The molecule has 0 radical (unpaired) electrons. The molecule has 1 atom stereocenters. The Morgan fingerprint density at radius 2 is 1.45 bits per heavy atom. The minimum Gasteiger partial charge on any atom is -0.449 e. The summed E-state index contributed by atoms with van der Waals surface area (Å²) in [5, 5.41) is 12.0. The second kappa shape index (κ2) is 9.51. The second-order valence-electron chi connectivity index (χ2n) is 6.84. The number of nitriles is 1. The minimum absolute atomic E-state index is 0.189. The van der Waals surface area contributed by atoms with Crippen LogP contribution in [0.25, 0.3) is 11.1 Å². The number of Topliss-reactive ketones (excluding diaryl/α,β-unsaturated/α-hetero) is 1. The predicted octanol–water partition coefficient (Wildman–Crippen LogP) is 4.61. The van der Waals surface area contributed by atoms with Gasteiger partial charge in [-0.1, -0.05) is 48.5 Å². The third kappa shape index (κ3) is 4.85. The molecule has 3 aromatic rings. The third-order valence-electron chi connectivity index (χ3n) is 4.70. The second-order valence-corrected chi connectivity index (χ2v) is 6.84. The van der Waals surface area contributed by atoms with Gasteiger partial charge in [-0.3, -0.25) is 9.59 Å². The number of anilines is 1. The molecule has 3 rings (SSSR count). The molecular formula is C25H20N2O4. The van der Waals surface area contributed by atoms with Gasteiger partial charge in [-0.25, -0.2) is 4.79 Å². The summed E-state index contributed by atoms with van der Waals surface area (Å²) in [6, 6.07) is 22.4. The molecule has 1 N–H and O–H groups in total. The average Bonchev–Trinajstić information content (AvgIpc) is 2.79. The van der Waals surface area contributed by atoms with Crippen LogP contribution < -0.4 is 5.32 Å². The van der Waals surface area contributed by atoms with Gasteiger partial charge in [0.2, 0.25) is 0 Å². The number of rotatable bonds is 6. The first-order valence-electron chi connectivity index (χ1n) is 9.62. The Bertz CT molecular complexity index is 1190. The van der Waals surface area contributed by atoms with Gasteiger partial charge in [0.25, 0.3) is 5.91 Å². The van der Waals surface area contributed by atoms with Gasteiger partial charge in [-0.15, -0.1) is 0 Å². The van der Waals surface area contributed by atoms with Crippen molar-refractivity contribution >= 4 is 23.3 Å². The summed E-state index contributed by atoms with van der Waals surface area (Å²) in [5.74, 6) is -1.44. The van der Waals surface area contributed by atoms with Crippen LogP contribution in [0.4, 0.5) is 5.69 Å². The van der Waals surface area contributed by atoms with Gasteiger partial charge in [0.1, 0.15) is 0 Å². The number of nitrogens with one attached hydrogen (secondary N) is 1. The van der Waals surface area contributed by atoms with E-state index in [1.165, 1.54) is 13.8 Å². The van der Waals surface area contributed by atoms with Crippen LogP contribution in [0.1, 0.15) is 40.1 Å². The summed E-state index contributed by atoms with van der Waals surface area (Å²) in [7, 11) is 0. The molecule has 0 bridgehead atoms. The van der Waals surface area contributed by atoms with Crippen molar-refractivity contribution < 1.29 is 19.1 Å². The largest absolute Gasteiger partial charge is 0.449 e. The predicted molar refractivity (Wildman–Crippen MR) is 117 cm³/mol. The topological polar surface area (TPSA) is 96.3 Å². The zero-order chi connectivity index (χ0) is 22.4. The summed E-state index contributed by atoms with van der Waals surface area (Å²) in [6.45, 7) is 2.86. The van der Waals surface area contributed by atoms with Crippen LogP contribution in [0.3, 0.4) is 0 Å². The molecule has 0 aliphatic carbocycles. The Morgan fingerprint density at radius 1 is 0.871 bits per heavy atom. The third-order valence-corrected chi connectivity index (χ3v) is 4.70. The van der Waals surface area contributed by atoms with E-state index in [1.807, 2.05) is 0 Å². The van der Waals surface area contributed by atoms with Gasteiger partial charge < -0.3 is 10.1 Å². The first kappa shape index (κ1) is 21.5. The number of carbonyl (C=O) groups excluding carboxylic acids is 3. The van der Waals surface area contributed by atoms with Gasteiger partial charge in [-0.05, 0) is 43.7 Å². The van der Waals surface area contributed by atoms with Crippen molar-refractivity contribution in [3.05, 3.63) is 89.5 Å². The number of esters is 1. The zero-order valence-electron chi connectivity index (χ0n) is 17.1. The van der Waals surface area contributed by atoms with Crippen molar-refractivity contribution in [3.8, 4) is 17.2 Å². The van der Waals surface area contributed by atoms with Gasteiger partial charge in [0.15, 0.2) is 11.9 Å². The number of hydrogen-bond donors (Lipinski definition) is 1. The molecule has 154 valence electrons. The molecule has 0 heterocycles. The fraction of sp³-hybridized carbons (Fsp3) is 0.120. The van der Waals surface area contributed by atoms with Crippen LogP contribution in [0, 0.1) is 11.3 Å². The molecule has 0 fully saturated rings. The lowest BCUT2D eigenvalue weighted by Gasteiger charge is -2.16. The standard InChI is InChI=1S/C25H20N2O4/c1-16(28)19-10-7-8-14-23(19)27-24(29)17(2)31-25(30)22-13-6-5-12-21(22)20-11-4-3-9-18(20)15-26/h3-14,17H,1-2H3,(H,27,29)/t17-/m0/s1. The lowest BCUT2D eigenvalue weighted by Crippen LogP contribution is -2.30. The molecule has 3 aromatic carbocycles. The summed E-state index contributed by atoms with van der Waals surface area (Å²) in [6.07, 6.45) is -1.10. The maximum Gasteiger partial charge on any atom is 0.339 e. The van der Waals surface area contributed by atoms with E-state index in [2.05, 4.69) is 11.4 Å². The molecule has 0 saturated carbocycles. The Kier molecular flexibility index (Phi) is 6.58. The Morgan fingerprint density at radius 3 is 2.13 bits per heavy atom. The molecule has 6 nitrogen and oxygen atoms in total. The summed E-state index contributed by atoms with van der Waals surface area (Å²) < 4.78 is 5.39. The fourth-order valence-corrected chi connectivity index (χ4v) is 3.12. The van der Waals surface area contributed by atoms with E-state index in [1.54, 1.807) is 72.8 Å². The Balaban J connectivity index is 1.81. The van der Waals surface area contributed by atoms with Crippen molar-refractivity contribution in [1.29, 1.82) is 5.26 Å². The van der Waals surface area contributed by atoms with E-state index in [-0.39, 0.29) is 11.3 Å². The first-order chi connectivity index (χ1) is 14.9. The highest BCUT2D eigenvalue weighted by Gasteiger charge is 2.23. The number of amides is 1. The number of ether oxygens (including phenoxy) is 1. The van der Waals surface area contributed by atoms with Crippen molar-refractivity contribution in [2.75, 3.05) is 5.32 Å². The van der Waals surface area contributed by atoms with Crippen molar-refractivity contribution in [2.24, 2.45) is 0 Å². The smallest absolute Gasteiger partial charge is 0.339 e. The van der Waals surface area contributed by atoms with Gasteiger partial charge in [0.05, 0.1) is 22.9 Å². The van der Waals surface area contributed by atoms with Crippen LogP contribution in [-0.4, -0.2) is 23.8 Å². The quantitative estimate of drug-likeness (QED) is 0.471. The molecule has 0 spiro atoms. The minimum atomic E-state index is -1.10. The van der Waals surface area contributed by atoms with E-state index >= 15 is 0 Å². The number of nitrogens with zero attached hydrogens (tertiary/aromatic N) is 1. The molecule has 0 aliphatic rings. The maximum atomic E-state index is 12.8. The molecule has 0 unspecified atom stereocenters. The van der Waals surface area contributed by atoms with E-state index in [4.69, 9.17) is 4.74 Å². The summed E-state index contributed by atoms with van der Waals surface area (Å²) in [5.41, 5.74) is 2.53. The van der Waals surface area contributed by atoms with E-state index < -0.39 is 18.0 Å². The molecular weight excluding hydrogens is 392 g/mol. The highest BCUT2D eigenvalue weighted by Crippen LogP contribution is 2.27. The molecule has 0 aliphatic heterocycles. The highest BCUT2D eigenvalue weighted by molar-refractivity contribution is 6.05.